The number of carbonyl (C=O) groups excluding carboxylic acids is 1. The van der Waals surface area contributed by atoms with Gasteiger partial charge in [-0.25, -0.2) is 4.79 Å². The predicted molar refractivity (Wildman–Crippen MR) is 48.6 cm³/mol. The van der Waals surface area contributed by atoms with Crippen LogP contribution in [0.5, 0.6) is 0 Å². The molecule has 1 amide bonds. The van der Waals surface area contributed by atoms with Crippen molar-refractivity contribution in [2.75, 3.05) is 6.61 Å². The Hall–Kier alpha value is -1.10. The summed E-state index contributed by atoms with van der Waals surface area (Å²) in [5, 5.41) is 19.6. The molecule has 14 heavy (non-hydrogen) atoms. The summed E-state index contributed by atoms with van der Waals surface area (Å²) >= 11 is 0. The van der Waals surface area contributed by atoms with E-state index in [9.17, 15) is 9.59 Å². The van der Waals surface area contributed by atoms with Gasteiger partial charge in [0, 0.05) is 5.92 Å². The van der Waals surface area contributed by atoms with Crippen LogP contribution >= 0.6 is 0 Å². The van der Waals surface area contributed by atoms with Crippen LogP contribution in [0.3, 0.4) is 0 Å². The van der Waals surface area contributed by atoms with Crippen molar-refractivity contribution >= 4 is 11.9 Å². The maximum absolute atomic E-state index is 11.4. The second kappa shape index (κ2) is 4.95. The number of hydrogen-bond donors (Lipinski definition) is 3. The minimum atomic E-state index is -1.20. The molecule has 1 fully saturated rings. The zero-order chi connectivity index (χ0) is 10.6. The number of rotatable bonds is 4. The quantitative estimate of drug-likeness (QED) is 0.584. The topological polar surface area (TPSA) is 86.6 Å². The van der Waals surface area contributed by atoms with Gasteiger partial charge in [0.1, 0.15) is 6.04 Å². The van der Waals surface area contributed by atoms with E-state index in [2.05, 4.69) is 5.32 Å². The van der Waals surface area contributed by atoms with Gasteiger partial charge in [0.05, 0.1) is 6.61 Å². The van der Waals surface area contributed by atoms with Crippen molar-refractivity contribution in [3.63, 3.8) is 0 Å². The van der Waals surface area contributed by atoms with E-state index in [-0.39, 0.29) is 11.8 Å². The minimum absolute atomic E-state index is 0.0663. The van der Waals surface area contributed by atoms with E-state index in [0.29, 0.717) is 0 Å². The number of carboxylic acid groups (broad SMARTS) is 1. The number of carbonyl (C=O) groups is 2. The largest absolute Gasteiger partial charge is 0.480 e. The Morgan fingerprint density at radius 3 is 2.36 bits per heavy atom. The molecule has 1 aliphatic rings. The highest BCUT2D eigenvalue weighted by Crippen LogP contribution is 2.24. The number of carboxylic acids is 1. The van der Waals surface area contributed by atoms with E-state index >= 15 is 0 Å². The van der Waals surface area contributed by atoms with Crippen LogP contribution in [-0.4, -0.2) is 34.7 Å². The monoisotopic (exact) mass is 201 g/mol. The molecule has 0 bridgehead atoms. The maximum atomic E-state index is 11.4. The third-order valence-electron chi connectivity index (χ3n) is 2.52. The van der Waals surface area contributed by atoms with Gasteiger partial charge in [-0.3, -0.25) is 4.79 Å². The molecule has 0 heterocycles. The van der Waals surface area contributed by atoms with Crippen LogP contribution in [0.2, 0.25) is 0 Å². The van der Waals surface area contributed by atoms with Gasteiger partial charge in [-0.05, 0) is 12.8 Å². The van der Waals surface area contributed by atoms with Gasteiger partial charge >= 0.3 is 5.97 Å². The summed E-state index contributed by atoms with van der Waals surface area (Å²) < 4.78 is 0. The van der Waals surface area contributed by atoms with Gasteiger partial charge in [-0.15, -0.1) is 0 Å². The maximum Gasteiger partial charge on any atom is 0.328 e. The normalized spacial score (nSPS) is 19.2. The van der Waals surface area contributed by atoms with E-state index in [1.165, 1.54) is 0 Å². The lowest BCUT2D eigenvalue weighted by molar-refractivity contribution is -0.143. The molecule has 1 rings (SSSR count). The molecule has 5 nitrogen and oxygen atoms in total. The fourth-order valence-electron chi connectivity index (χ4n) is 1.66. The number of nitrogens with one attached hydrogen (secondary N) is 1. The number of hydrogen-bond acceptors (Lipinski definition) is 3. The summed E-state index contributed by atoms with van der Waals surface area (Å²) in [5.41, 5.74) is 0. The van der Waals surface area contributed by atoms with Crippen LogP contribution < -0.4 is 5.32 Å². The molecule has 0 aromatic carbocycles. The van der Waals surface area contributed by atoms with E-state index in [1.54, 1.807) is 0 Å². The molecule has 0 aromatic rings. The van der Waals surface area contributed by atoms with Gasteiger partial charge in [0.25, 0.3) is 0 Å². The number of amides is 1. The molecule has 1 aliphatic carbocycles. The molecule has 0 aromatic heterocycles. The summed E-state index contributed by atoms with van der Waals surface area (Å²) in [4.78, 5) is 21.9. The van der Waals surface area contributed by atoms with E-state index in [0.717, 1.165) is 25.7 Å². The molecule has 0 radical (unpaired) electrons. The molecule has 80 valence electrons. The third kappa shape index (κ3) is 2.70. The van der Waals surface area contributed by atoms with Gasteiger partial charge in [0.15, 0.2) is 0 Å². The second-order valence-corrected chi connectivity index (χ2v) is 3.56. The van der Waals surface area contributed by atoms with E-state index < -0.39 is 18.6 Å². The first kappa shape index (κ1) is 11.0. The Kier molecular flexibility index (Phi) is 3.88. The first-order chi connectivity index (χ1) is 6.65. The van der Waals surface area contributed by atoms with Crippen molar-refractivity contribution in [3.8, 4) is 0 Å². The zero-order valence-corrected chi connectivity index (χ0v) is 7.90. The van der Waals surface area contributed by atoms with Gasteiger partial charge in [-0.2, -0.15) is 0 Å². The SMILES string of the molecule is O=C(N[C@H](CO)C(=O)O)C1CCCC1. The molecule has 3 N–H and O–H groups in total. The second-order valence-electron chi connectivity index (χ2n) is 3.56. The minimum Gasteiger partial charge on any atom is -0.480 e. The van der Waals surface area contributed by atoms with Gasteiger partial charge < -0.3 is 15.5 Å². The Labute approximate surface area is 82.1 Å². The summed E-state index contributed by atoms with van der Waals surface area (Å²) in [6.07, 6.45) is 3.69. The Balaban J connectivity index is 2.41. The Morgan fingerprint density at radius 1 is 1.36 bits per heavy atom. The molecular formula is C9H15NO4. The summed E-state index contributed by atoms with van der Waals surface area (Å²) in [6.45, 7) is -0.562. The molecule has 0 unspecified atom stereocenters. The third-order valence-corrected chi connectivity index (χ3v) is 2.52. The molecule has 5 heteroatoms. The standard InChI is InChI=1S/C9H15NO4/c11-5-7(9(13)14)10-8(12)6-3-1-2-4-6/h6-7,11H,1-5H2,(H,10,12)(H,13,14)/t7-/m1/s1. The van der Waals surface area contributed by atoms with Crippen molar-refractivity contribution < 1.29 is 19.8 Å². The molecule has 0 saturated heterocycles. The van der Waals surface area contributed by atoms with Crippen molar-refractivity contribution in [2.45, 2.75) is 31.7 Å². The van der Waals surface area contributed by atoms with Crippen LogP contribution in [0, 0.1) is 5.92 Å². The highest BCUT2D eigenvalue weighted by molar-refractivity contribution is 5.85. The highest BCUT2D eigenvalue weighted by atomic mass is 16.4. The number of aliphatic hydroxyl groups is 1. The lowest BCUT2D eigenvalue weighted by atomic mass is 10.1. The number of aliphatic carboxylic acids is 1. The van der Waals surface area contributed by atoms with Crippen molar-refractivity contribution in [2.24, 2.45) is 5.92 Å². The average Bonchev–Trinajstić information content (AvgIpc) is 2.65. The summed E-state index contributed by atoms with van der Waals surface area (Å²) in [5.74, 6) is -1.51. The van der Waals surface area contributed by atoms with Crippen molar-refractivity contribution in [1.29, 1.82) is 0 Å². The Bertz CT molecular complexity index is 223. The first-order valence-corrected chi connectivity index (χ1v) is 4.79. The van der Waals surface area contributed by atoms with Crippen LogP contribution in [0.4, 0.5) is 0 Å². The Morgan fingerprint density at radius 2 is 1.93 bits per heavy atom. The fraction of sp³-hybridized carbons (Fsp3) is 0.778. The molecule has 1 atom stereocenters. The summed E-state index contributed by atoms with van der Waals surface area (Å²) in [7, 11) is 0. The van der Waals surface area contributed by atoms with Gasteiger partial charge in [0.2, 0.25) is 5.91 Å². The molecule has 0 spiro atoms. The molecule has 0 aliphatic heterocycles. The van der Waals surface area contributed by atoms with Crippen LogP contribution in [-0.2, 0) is 9.59 Å². The van der Waals surface area contributed by atoms with Crippen molar-refractivity contribution in [3.05, 3.63) is 0 Å². The smallest absolute Gasteiger partial charge is 0.328 e. The van der Waals surface area contributed by atoms with Gasteiger partial charge in [-0.1, -0.05) is 12.8 Å². The van der Waals surface area contributed by atoms with Crippen LogP contribution in [0.25, 0.3) is 0 Å². The lowest BCUT2D eigenvalue weighted by Gasteiger charge is -2.14. The van der Waals surface area contributed by atoms with E-state index in [4.69, 9.17) is 10.2 Å². The van der Waals surface area contributed by atoms with E-state index in [1.807, 2.05) is 0 Å². The number of aliphatic hydroxyl groups excluding tert-OH is 1. The molecule has 1 saturated carbocycles. The fourth-order valence-corrected chi connectivity index (χ4v) is 1.66. The molecular weight excluding hydrogens is 186 g/mol. The van der Waals surface area contributed by atoms with Crippen molar-refractivity contribution in [1.82, 2.24) is 5.32 Å². The van der Waals surface area contributed by atoms with Crippen LogP contribution in [0.15, 0.2) is 0 Å². The first-order valence-electron chi connectivity index (χ1n) is 4.79. The summed E-state index contributed by atoms with van der Waals surface area (Å²) in [6, 6.07) is -1.16. The zero-order valence-electron chi connectivity index (χ0n) is 7.90. The average molecular weight is 201 g/mol. The highest BCUT2D eigenvalue weighted by Gasteiger charge is 2.26. The predicted octanol–water partition coefficient (Wildman–Crippen LogP) is -0.262. The lowest BCUT2D eigenvalue weighted by Crippen LogP contribution is -2.45. The van der Waals surface area contributed by atoms with Crippen LogP contribution in [0.1, 0.15) is 25.7 Å².